The van der Waals surface area contributed by atoms with Gasteiger partial charge < -0.3 is 19.5 Å². The number of carbonyl (C=O) groups excluding carboxylic acids is 1. The molecular weight excluding hydrogens is 238 g/mol. The Labute approximate surface area is 106 Å². The Morgan fingerprint density at radius 2 is 1.50 bits per heavy atom. The molecule has 1 amide bonds. The molecule has 0 aromatic heterocycles. The molecule has 1 aliphatic rings. The van der Waals surface area contributed by atoms with Gasteiger partial charge in [-0.2, -0.15) is 0 Å². The van der Waals surface area contributed by atoms with E-state index < -0.39 is 5.97 Å². The smallest absolute Gasteiger partial charge is 0.331 e. The predicted octanol–water partition coefficient (Wildman–Crippen LogP) is 0.280. The summed E-state index contributed by atoms with van der Waals surface area (Å²) in [7, 11) is 3.13. The molecule has 0 aromatic rings. The molecule has 18 heavy (non-hydrogen) atoms. The van der Waals surface area contributed by atoms with E-state index in [0.717, 1.165) is 0 Å². The second-order valence-electron chi connectivity index (χ2n) is 4.31. The van der Waals surface area contributed by atoms with E-state index in [9.17, 15) is 9.59 Å². The lowest BCUT2D eigenvalue weighted by Gasteiger charge is -2.16. The van der Waals surface area contributed by atoms with Crippen LogP contribution in [-0.4, -0.2) is 61.4 Å². The molecule has 0 spiro atoms. The summed E-state index contributed by atoms with van der Waals surface area (Å²) in [5, 5.41) is 8.86. The van der Waals surface area contributed by atoms with E-state index in [0.29, 0.717) is 13.1 Å². The minimum absolute atomic E-state index is 0.0647. The molecule has 6 heteroatoms. The van der Waals surface area contributed by atoms with Gasteiger partial charge in [0.05, 0.1) is 0 Å². The first kappa shape index (κ1) is 14.7. The van der Waals surface area contributed by atoms with Crippen molar-refractivity contribution in [1.82, 2.24) is 4.90 Å². The van der Waals surface area contributed by atoms with E-state index in [1.54, 1.807) is 19.1 Å². The van der Waals surface area contributed by atoms with E-state index in [4.69, 9.17) is 14.6 Å². The highest BCUT2D eigenvalue weighted by atomic mass is 16.5. The Balaban J connectivity index is 2.82. The predicted molar refractivity (Wildman–Crippen MR) is 64.2 cm³/mol. The first-order valence-electron chi connectivity index (χ1n) is 5.68. The molecule has 0 radical (unpaired) electrons. The van der Waals surface area contributed by atoms with Crippen molar-refractivity contribution >= 4 is 11.9 Å². The van der Waals surface area contributed by atoms with Gasteiger partial charge in [0.1, 0.15) is 12.2 Å². The largest absolute Gasteiger partial charge is 0.478 e. The lowest BCUT2D eigenvalue weighted by atomic mass is 10.1. The van der Waals surface area contributed by atoms with Gasteiger partial charge in [-0.15, -0.1) is 0 Å². The quantitative estimate of drug-likeness (QED) is 0.732. The first-order valence-corrected chi connectivity index (χ1v) is 5.68. The standard InChI is InChI=1S/C12H19NO5/c1-7(8(2)12(15)16)11(14)13-5-9(17-3)10(6-13)18-4/h9-10H,5-6H2,1-4H3,(H,15,16). The Morgan fingerprint density at radius 1 is 1.06 bits per heavy atom. The van der Waals surface area contributed by atoms with Crippen LogP contribution >= 0.6 is 0 Å². The van der Waals surface area contributed by atoms with Crippen LogP contribution in [0.5, 0.6) is 0 Å². The molecule has 1 rings (SSSR count). The molecule has 2 unspecified atom stereocenters. The molecule has 102 valence electrons. The number of nitrogens with zero attached hydrogens (tertiary/aromatic N) is 1. The van der Waals surface area contributed by atoms with Crippen molar-refractivity contribution in [3.8, 4) is 0 Å². The highest BCUT2D eigenvalue weighted by Crippen LogP contribution is 2.19. The number of carbonyl (C=O) groups is 2. The van der Waals surface area contributed by atoms with Gasteiger partial charge in [-0.3, -0.25) is 4.79 Å². The fourth-order valence-electron chi connectivity index (χ4n) is 1.92. The zero-order valence-corrected chi connectivity index (χ0v) is 11.1. The second-order valence-corrected chi connectivity index (χ2v) is 4.31. The van der Waals surface area contributed by atoms with Gasteiger partial charge in [0.15, 0.2) is 0 Å². The van der Waals surface area contributed by atoms with E-state index in [1.165, 1.54) is 13.8 Å². The van der Waals surface area contributed by atoms with Gasteiger partial charge in [0, 0.05) is 38.5 Å². The summed E-state index contributed by atoms with van der Waals surface area (Å²) >= 11 is 0. The second kappa shape index (κ2) is 5.97. The Hall–Kier alpha value is -1.40. The summed E-state index contributed by atoms with van der Waals surface area (Å²) in [5.74, 6) is -1.36. The normalized spacial score (nSPS) is 25.0. The van der Waals surface area contributed by atoms with Crippen molar-refractivity contribution in [3.63, 3.8) is 0 Å². The van der Waals surface area contributed by atoms with E-state index in [2.05, 4.69) is 0 Å². The van der Waals surface area contributed by atoms with Crippen molar-refractivity contribution in [1.29, 1.82) is 0 Å². The fourth-order valence-corrected chi connectivity index (χ4v) is 1.92. The van der Waals surface area contributed by atoms with Crippen molar-refractivity contribution in [2.75, 3.05) is 27.3 Å². The van der Waals surface area contributed by atoms with Crippen LogP contribution in [0, 0.1) is 0 Å². The number of likely N-dealkylation sites (tertiary alicyclic amines) is 1. The Bertz CT molecular complexity index is 365. The third-order valence-corrected chi connectivity index (χ3v) is 3.31. The number of carboxylic acid groups (broad SMARTS) is 1. The molecule has 1 aliphatic heterocycles. The van der Waals surface area contributed by atoms with Gasteiger partial charge in [0.25, 0.3) is 0 Å². The van der Waals surface area contributed by atoms with E-state index in [-0.39, 0.29) is 29.3 Å². The van der Waals surface area contributed by atoms with Crippen LogP contribution in [0.4, 0.5) is 0 Å². The summed E-state index contributed by atoms with van der Waals surface area (Å²) in [6.45, 7) is 3.77. The lowest BCUT2D eigenvalue weighted by Crippen LogP contribution is -2.31. The first-order chi connectivity index (χ1) is 8.42. The van der Waals surface area contributed by atoms with Crippen LogP contribution in [0.15, 0.2) is 11.1 Å². The van der Waals surface area contributed by atoms with Crippen LogP contribution in [0.25, 0.3) is 0 Å². The number of hydrogen-bond donors (Lipinski definition) is 1. The summed E-state index contributed by atoms with van der Waals surface area (Å²) in [5.41, 5.74) is 0.309. The Morgan fingerprint density at radius 3 is 1.83 bits per heavy atom. The molecule has 1 fully saturated rings. The van der Waals surface area contributed by atoms with Gasteiger partial charge >= 0.3 is 5.97 Å². The topological polar surface area (TPSA) is 76.1 Å². The van der Waals surface area contributed by atoms with Crippen LogP contribution in [0.1, 0.15) is 13.8 Å². The average Bonchev–Trinajstić information content (AvgIpc) is 2.78. The number of ether oxygens (including phenoxy) is 2. The minimum atomic E-state index is -1.08. The maximum atomic E-state index is 12.1. The molecule has 1 heterocycles. The van der Waals surface area contributed by atoms with Gasteiger partial charge in [-0.05, 0) is 13.8 Å². The van der Waals surface area contributed by atoms with Gasteiger partial charge in [-0.25, -0.2) is 4.79 Å². The summed E-state index contributed by atoms with van der Waals surface area (Å²) in [6.07, 6.45) is -0.339. The van der Waals surface area contributed by atoms with Crippen molar-refractivity contribution in [3.05, 3.63) is 11.1 Å². The minimum Gasteiger partial charge on any atom is -0.478 e. The molecule has 0 saturated carbocycles. The zero-order chi connectivity index (χ0) is 13.9. The number of carboxylic acids is 1. The average molecular weight is 257 g/mol. The molecule has 2 atom stereocenters. The molecule has 0 bridgehead atoms. The molecule has 0 aromatic carbocycles. The number of methoxy groups -OCH3 is 2. The highest BCUT2D eigenvalue weighted by molar-refractivity contribution is 6.01. The van der Waals surface area contributed by atoms with E-state index in [1.807, 2.05) is 0 Å². The summed E-state index contributed by atoms with van der Waals surface area (Å²) in [6, 6.07) is 0. The maximum Gasteiger partial charge on any atom is 0.331 e. The third-order valence-electron chi connectivity index (χ3n) is 3.31. The van der Waals surface area contributed by atoms with Crippen LogP contribution in [-0.2, 0) is 19.1 Å². The molecule has 0 aliphatic carbocycles. The summed E-state index contributed by atoms with van der Waals surface area (Å²) in [4.78, 5) is 24.5. The van der Waals surface area contributed by atoms with Crippen molar-refractivity contribution in [2.45, 2.75) is 26.1 Å². The number of hydrogen-bond acceptors (Lipinski definition) is 4. The van der Waals surface area contributed by atoms with Crippen LogP contribution < -0.4 is 0 Å². The zero-order valence-electron chi connectivity index (χ0n) is 11.1. The maximum absolute atomic E-state index is 12.1. The summed E-state index contributed by atoms with van der Waals surface area (Å²) < 4.78 is 10.5. The van der Waals surface area contributed by atoms with Crippen molar-refractivity contribution in [2.24, 2.45) is 0 Å². The SMILES string of the molecule is COC1CN(C(=O)C(C)=C(C)C(=O)O)CC1OC. The molecule has 6 nitrogen and oxygen atoms in total. The molecular formula is C12H19NO5. The lowest BCUT2D eigenvalue weighted by molar-refractivity contribution is -0.133. The molecule has 1 N–H and O–H groups in total. The highest BCUT2D eigenvalue weighted by Gasteiger charge is 2.36. The van der Waals surface area contributed by atoms with Gasteiger partial charge in [-0.1, -0.05) is 0 Å². The monoisotopic (exact) mass is 257 g/mol. The number of rotatable bonds is 4. The van der Waals surface area contributed by atoms with Gasteiger partial charge in [0.2, 0.25) is 5.91 Å². The number of aliphatic carboxylic acids is 1. The fraction of sp³-hybridized carbons (Fsp3) is 0.667. The molecule has 1 saturated heterocycles. The number of amides is 1. The van der Waals surface area contributed by atoms with Crippen molar-refractivity contribution < 1.29 is 24.2 Å². The Kier molecular flexibility index (Phi) is 4.86. The van der Waals surface area contributed by atoms with E-state index >= 15 is 0 Å². The van der Waals surface area contributed by atoms with Crippen LogP contribution in [0.2, 0.25) is 0 Å². The van der Waals surface area contributed by atoms with Crippen LogP contribution in [0.3, 0.4) is 0 Å². The third kappa shape index (κ3) is 2.88.